The van der Waals surface area contributed by atoms with Gasteiger partial charge in [0.1, 0.15) is 11.6 Å². The summed E-state index contributed by atoms with van der Waals surface area (Å²) in [6.45, 7) is 0. The van der Waals surface area contributed by atoms with E-state index in [-0.39, 0.29) is 5.84 Å². The Morgan fingerprint density at radius 3 is 2.26 bits per heavy atom. The van der Waals surface area contributed by atoms with Crippen LogP contribution < -0.4 is 10.5 Å². The van der Waals surface area contributed by atoms with Crippen LogP contribution in [0.3, 0.4) is 0 Å². The van der Waals surface area contributed by atoms with E-state index in [2.05, 4.69) is 0 Å². The lowest BCUT2D eigenvalue weighted by Gasteiger charge is -2.05. The molecule has 3 nitrogen and oxygen atoms in total. The van der Waals surface area contributed by atoms with Crippen LogP contribution in [0.2, 0.25) is 0 Å². The number of nitrogens with one attached hydrogen (secondary N) is 1. The summed E-state index contributed by atoms with van der Waals surface area (Å²) in [5.41, 5.74) is 7.40. The molecule has 0 radical (unpaired) electrons. The maximum Gasteiger partial charge on any atom is 0.122 e. The minimum absolute atomic E-state index is 0.106. The number of amidine groups is 1. The molecule has 4 heteroatoms. The average Bonchev–Trinajstić information content (AvgIpc) is 2.46. The average molecular weight is 272 g/mol. The molecule has 19 heavy (non-hydrogen) atoms. The topological polar surface area (TPSA) is 59.1 Å². The van der Waals surface area contributed by atoms with Crippen LogP contribution >= 0.6 is 11.8 Å². The smallest absolute Gasteiger partial charge is 0.122 e. The Hall–Kier alpha value is -1.94. The third kappa shape index (κ3) is 3.76. The molecule has 0 heterocycles. The minimum Gasteiger partial charge on any atom is -0.497 e. The quantitative estimate of drug-likeness (QED) is 0.499. The van der Waals surface area contributed by atoms with Gasteiger partial charge in [-0.2, -0.15) is 0 Å². The molecule has 0 saturated heterocycles. The van der Waals surface area contributed by atoms with Gasteiger partial charge >= 0.3 is 0 Å². The molecule has 2 aromatic rings. The number of hydrogen-bond donors (Lipinski definition) is 2. The molecule has 0 unspecified atom stereocenters. The van der Waals surface area contributed by atoms with Gasteiger partial charge in [-0.25, -0.2) is 0 Å². The van der Waals surface area contributed by atoms with E-state index < -0.39 is 0 Å². The highest BCUT2D eigenvalue weighted by Crippen LogP contribution is 2.24. The molecule has 3 N–H and O–H groups in total. The van der Waals surface area contributed by atoms with Gasteiger partial charge < -0.3 is 10.5 Å². The summed E-state index contributed by atoms with van der Waals surface area (Å²) in [4.78, 5) is 1.21. The number of nitrogens with two attached hydrogens (primary N) is 1. The molecule has 0 saturated carbocycles. The Balaban J connectivity index is 1.95. The van der Waals surface area contributed by atoms with Gasteiger partial charge in [0.15, 0.2) is 0 Å². The van der Waals surface area contributed by atoms with Gasteiger partial charge in [0, 0.05) is 16.2 Å². The first kappa shape index (κ1) is 13.5. The third-order valence-corrected chi connectivity index (χ3v) is 3.81. The Morgan fingerprint density at radius 2 is 1.74 bits per heavy atom. The molecule has 0 spiro atoms. The molecule has 0 aliphatic carbocycles. The van der Waals surface area contributed by atoms with Crippen LogP contribution in [0.5, 0.6) is 5.75 Å². The van der Waals surface area contributed by atoms with Gasteiger partial charge in [-0.15, -0.1) is 11.8 Å². The van der Waals surface area contributed by atoms with Gasteiger partial charge in [0.05, 0.1) is 7.11 Å². The van der Waals surface area contributed by atoms with Crippen molar-refractivity contribution >= 4 is 17.6 Å². The predicted molar refractivity (Wildman–Crippen MR) is 80.0 cm³/mol. The molecular formula is C15H16N2OS. The van der Waals surface area contributed by atoms with E-state index in [9.17, 15) is 0 Å². The number of ether oxygens (including phenoxy) is 1. The van der Waals surface area contributed by atoms with Crippen LogP contribution in [-0.4, -0.2) is 12.9 Å². The van der Waals surface area contributed by atoms with Gasteiger partial charge in [0.2, 0.25) is 0 Å². The van der Waals surface area contributed by atoms with Crippen LogP contribution in [0.25, 0.3) is 0 Å². The maximum absolute atomic E-state index is 7.34. The van der Waals surface area contributed by atoms with Crippen molar-refractivity contribution in [1.29, 1.82) is 5.41 Å². The van der Waals surface area contributed by atoms with Crippen molar-refractivity contribution in [2.24, 2.45) is 5.73 Å². The standard InChI is InChI=1S/C15H16N2OS/c1-18-13-6-8-14(9-7-13)19-10-11-2-4-12(5-3-11)15(16)17/h2-9H,10H2,1H3,(H3,16,17). The summed E-state index contributed by atoms with van der Waals surface area (Å²) in [6, 6.07) is 15.8. The molecule has 0 aliphatic heterocycles. The van der Waals surface area contributed by atoms with Crippen molar-refractivity contribution in [2.45, 2.75) is 10.6 Å². The second-order valence-electron chi connectivity index (χ2n) is 4.07. The molecule has 0 fully saturated rings. The highest BCUT2D eigenvalue weighted by Gasteiger charge is 1.99. The fourth-order valence-corrected chi connectivity index (χ4v) is 2.47. The normalized spacial score (nSPS) is 10.2. The number of rotatable bonds is 5. The van der Waals surface area contributed by atoms with E-state index in [1.807, 2.05) is 48.5 Å². The fourth-order valence-electron chi connectivity index (χ4n) is 1.62. The summed E-state index contributed by atoms with van der Waals surface area (Å²) in [6.07, 6.45) is 0. The molecule has 98 valence electrons. The van der Waals surface area contributed by atoms with Crippen molar-refractivity contribution in [3.63, 3.8) is 0 Å². The number of thioether (sulfide) groups is 1. The van der Waals surface area contributed by atoms with Crippen molar-refractivity contribution in [3.05, 3.63) is 59.7 Å². The van der Waals surface area contributed by atoms with Gasteiger partial charge in [-0.3, -0.25) is 5.41 Å². The number of hydrogen-bond acceptors (Lipinski definition) is 3. The Kier molecular flexibility index (Phi) is 4.47. The predicted octanol–water partition coefficient (Wildman–Crippen LogP) is 3.27. The van der Waals surface area contributed by atoms with E-state index in [1.54, 1.807) is 18.9 Å². The molecule has 2 rings (SSSR count). The van der Waals surface area contributed by atoms with Crippen molar-refractivity contribution in [2.75, 3.05) is 7.11 Å². The van der Waals surface area contributed by atoms with Crippen molar-refractivity contribution < 1.29 is 4.74 Å². The summed E-state index contributed by atoms with van der Waals surface area (Å²) >= 11 is 1.77. The van der Waals surface area contributed by atoms with Crippen LogP contribution in [0, 0.1) is 5.41 Å². The van der Waals surface area contributed by atoms with Gasteiger partial charge in [0.25, 0.3) is 0 Å². The zero-order valence-corrected chi connectivity index (χ0v) is 11.5. The van der Waals surface area contributed by atoms with Gasteiger partial charge in [-0.1, -0.05) is 24.3 Å². The molecule has 0 aliphatic rings. The van der Waals surface area contributed by atoms with E-state index in [0.29, 0.717) is 0 Å². The van der Waals surface area contributed by atoms with E-state index >= 15 is 0 Å². The summed E-state index contributed by atoms with van der Waals surface area (Å²) in [5, 5.41) is 7.34. The zero-order chi connectivity index (χ0) is 13.7. The molecule has 0 atom stereocenters. The first-order chi connectivity index (χ1) is 9.19. The molecule has 0 amide bonds. The first-order valence-electron chi connectivity index (χ1n) is 5.89. The van der Waals surface area contributed by atoms with E-state index in [1.165, 1.54) is 10.5 Å². The van der Waals surface area contributed by atoms with Gasteiger partial charge in [-0.05, 0) is 29.8 Å². The maximum atomic E-state index is 7.34. The SMILES string of the molecule is COc1ccc(SCc2ccc(C(=N)N)cc2)cc1. The highest BCUT2D eigenvalue weighted by atomic mass is 32.2. The zero-order valence-electron chi connectivity index (χ0n) is 10.7. The second-order valence-corrected chi connectivity index (χ2v) is 5.12. The van der Waals surface area contributed by atoms with Crippen molar-refractivity contribution in [1.82, 2.24) is 0 Å². The lowest BCUT2D eigenvalue weighted by molar-refractivity contribution is 0.414. The lowest BCUT2D eigenvalue weighted by Crippen LogP contribution is -2.10. The monoisotopic (exact) mass is 272 g/mol. The highest BCUT2D eigenvalue weighted by molar-refractivity contribution is 7.98. The van der Waals surface area contributed by atoms with Crippen LogP contribution in [0.1, 0.15) is 11.1 Å². The summed E-state index contributed by atoms with van der Waals surface area (Å²) < 4.78 is 5.13. The second kappa shape index (κ2) is 6.29. The minimum atomic E-state index is 0.106. The Morgan fingerprint density at radius 1 is 1.11 bits per heavy atom. The summed E-state index contributed by atoms with van der Waals surface area (Å²) in [5.74, 6) is 1.87. The summed E-state index contributed by atoms with van der Waals surface area (Å²) in [7, 11) is 1.67. The lowest BCUT2D eigenvalue weighted by atomic mass is 10.1. The van der Waals surface area contributed by atoms with E-state index in [0.717, 1.165) is 17.1 Å². The number of benzene rings is 2. The van der Waals surface area contributed by atoms with Crippen LogP contribution in [0.4, 0.5) is 0 Å². The van der Waals surface area contributed by atoms with Crippen LogP contribution in [-0.2, 0) is 5.75 Å². The van der Waals surface area contributed by atoms with Crippen LogP contribution in [0.15, 0.2) is 53.4 Å². The first-order valence-corrected chi connectivity index (χ1v) is 6.88. The third-order valence-electron chi connectivity index (χ3n) is 2.73. The molecule has 0 aromatic heterocycles. The fraction of sp³-hybridized carbons (Fsp3) is 0.133. The molecule has 0 bridgehead atoms. The van der Waals surface area contributed by atoms with E-state index in [4.69, 9.17) is 15.9 Å². The Labute approximate surface area is 117 Å². The number of nitrogen functional groups attached to an aromatic ring is 1. The van der Waals surface area contributed by atoms with Crippen molar-refractivity contribution in [3.8, 4) is 5.75 Å². The Bertz CT molecular complexity index is 549. The number of methoxy groups -OCH3 is 1. The molecular weight excluding hydrogens is 256 g/mol. The largest absolute Gasteiger partial charge is 0.497 e. The molecule has 2 aromatic carbocycles.